The number of anilines is 1. The maximum absolute atomic E-state index is 6.24. The molecule has 2 N–H and O–H groups in total. The second-order valence-electron chi connectivity index (χ2n) is 4.36. The van der Waals surface area contributed by atoms with Gasteiger partial charge in [0.1, 0.15) is 17.2 Å². The van der Waals surface area contributed by atoms with E-state index >= 15 is 0 Å². The van der Waals surface area contributed by atoms with Crippen molar-refractivity contribution in [1.82, 2.24) is 9.38 Å². The topological polar surface area (TPSA) is 43.3 Å². The molecule has 0 unspecified atom stereocenters. The molecule has 0 radical (unpaired) electrons. The van der Waals surface area contributed by atoms with Crippen LogP contribution in [0, 0.1) is 6.92 Å². The molecule has 19 heavy (non-hydrogen) atoms. The van der Waals surface area contributed by atoms with E-state index in [1.807, 2.05) is 47.9 Å². The molecule has 0 saturated heterocycles. The van der Waals surface area contributed by atoms with Crippen LogP contribution in [0.1, 0.15) is 5.56 Å². The summed E-state index contributed by atoms with van der Waals surface area (Å²) < 4.78 is 3.89. The summed E-state index contributed by atoms with van der Waals surface area (Å²) in [4.78, 5) is 4.67. The number of nitrogens with two attached hydrogens (primary N) is 1. The Hall–Kier alpha value is -1.33. The third-order valence-corrected chi connectivity index (χ3v) is 4.16. The maximum Gasteiger partial charge on any atom is 0.142 e. The van der Waals surface area contributed by atoms with Gasteiger partial charge in [0, 0.05) is 20.7 Å². The molecule has 3 nitrogen and oxygen atoms in total. The van der Waals surface area contributed by atoms with E-state index in [-0.39, 0.29) is 0 Å². The van der Waals surface area contributed by atoms with Crippen LogP contribution in [0.3, 0.4) is 0 Å². The Labute approximate surface area is 127 Å². The van der Waals surface area contributed by atoms with Crippen molar-refractivity contribution in [1.29, 1.82) is 0 Å². The van der Waals surface area contributed by atoms with Crippen molar-refractivity contribution in [3.05, 3.63) is 51.0 Å². The second kappa shape index (κ2) is 4.65. The van der Waals surface area contributed by atoms with Crippen LogP contribution in [-0.2, 0) is 0 Å². The Morgan fingerprint density at radius 1 is 1.21 bits per heavy atom. The number of nitrogen functional groups attached to an aromatic ring is 1. The van der Waals surface area contributed by atoms with Crippen LogP contribution < -0.4 is 5.73 Å². The molecule has 0 saturated carbocycles. The summed E-state index contributed by atoms with van der Waals surface area (Å²) >= 11 is 7.03. The molecule has 0 aliphatic carbocycles. The van der Waals surface area contributed by atoms with Crippen molar-refractivity contribution in [2.24, 2.45) is 0 Å². The monoisotopic (exact) mass is 379 g/mol. The lowest BCUT2D eigenvalue weighted by atomic mass is 10.1. The minimum Gasteiger partial charge on any atom is -0.383 e. The van der Waals surface area contributed by atoms with Gasteiger partial charge >= 0.3 is 0 Å². The van der Waals surface area contributed by atoms with Gasteiger partial charge in [-0.25, -0.2) is 4.98 Å². The zero-order chi connectivity index (χ0) is 13.6. The van der Waals surface area contributed by atoms with E-state index in [0.29, 0.717) is 5.82 Å². The van der Waals surface area contributed by atoms with Crippen molar-refractivity contribution in [2.75, 3.05) is 5.73 Å². The van der Waals surface area contributed by atoms with Gasteiger partial charge in [-0.15, -0.1) is 0 Å². The lowest BCUT2D eigenvalue weighted by Crippen LogP contribution is -1.95. The van der Waals surface area contributed by atoms with E-state index < -0.39 is 0 Å². The minimum absolute atomic E-state index is 0.645. The van der Waals surface area contributed by atoms with Gasteiger partial charge in [-0.1, -0.05) is 34.1 Å². The van der Waals surface area contributed by atoms with Crippen LogP contribution in [0.4, 0.5) is 5.82 Å². The highest BCUT2D eigenvalue weighted by molar-refractivity contribution is 9.10. The smallest absolute Gasteiger partial charge is 0.142 e. The molecule has 3 aromatic rings. The van der Waals surface area contributed by atoms with Gasteiger partial charge in [-0.05, 0) is 40.5 Å². The van der Waals surface area contributed by atoms with Gasteiger partial charge in [0.05, 0.1) is 0 Å². The van der Waals surface area contributed by atoms with Crippen molar-refractivity contribution in [3.8, 4) is 11.3 Å². The van der Waals surface area contributed by atoms with E-state index in [1.165, 1.54) is 0 Å². The first-order valence-electron chi connectivity index (χ1n) is 5.76. The fourth-order valence-electron chi connectivity index (χ4n) is 2.14. The average molecular weight is 381 g/mol. The first-order valence-corrected chi connectivity index (χ1v) is 7.35. The second-order valence-corrected chi connectivity index (χ2v) is 6.13. The van der Waals surface area contributed by atoms with Crippen LogP contribution in [0.5, 0.6) is 0 Å². The zero-order valence-electron chi connectivity index (χ0n) is 10.2. The zero-order valence-corrected chi connectivity index (χ0v) is 13.4. The third-order valence-electron chi connectivity index (χ3n) is 3.04. The molecule has 0 aliphatic rings. The molecule has 0 spiro atoms. The molecular weight excluding hydrogens is 370 g/mol. The van der Waals surface area contributed by atoms with Crippen molar-refractivity contribution in [3.63, 3.8) is 0 Å². The Bertz CT molecular complexity index is 778. The highest BCUT2D eigenvalue weighted by Crippen LogP contribution is 2.33. The molecule has 5 heteroatoms. The molecule has 96 valence electrons. The summed E-state index contributed by atoms with van der Waals surface area (Å²) in [6.07, 6.45) is 1.94. The van der Waals surface area contributed by atoms with Crippen molar-refractivity contribution < 1.29 is 0 Å². The van der Waals surface area contributed by atoms with Gasteiger partial charge in [-0.3, -0.25) is 4.40 Å². The molecule has 3 rings (SSSR count). The summed E-state index contributed by atoms with van der Waals surface area (Å²) in [5.41, 5.74) is 10.00. The Kier molecular flexibility index (Phi) is 3.11. The van der Waals surface area contributed by atoms with Gasteiger partial charge in [0.15, 0.2) is 0 Å². The van der Waals surface area contributed by atoms with Gasteiger partial charge in [-0.2, -0.15) is 0 Å². The number of aryl methyl sites for hydroxylation is 1. The Morgan fingerprint density at radius 3 is 2.68 bits per heavy atom. The van der Waals surface area contributed by atoms with Crippen LogP contribution in [0.15, 0.2) is 45.5 Å². The molecule has 1 aromatic carbocycles. The Morgan fingerprint density at radius 2 is 1.95 bits per heavy atom. The fourth-order valence-corrected chi connectivity index (χ4v) is 3.16. The lowest BCUT2D eigenvalue weighted by Gasteiger charge is -2.02. The summed E-state index contributed by atoms with van der Waals surface area (Å²) in [5.74, 6) is 0.645. The predicted octanol–water partition coefficient (Wildman–Crippen LogP) is 4.42. The largest absolute Gasteiger partial charge is 0.383 e. The third kappa shape index (κ3) is 2.07. The molecule has 0 amide bonds. The number of aromatic nitrogens is 2. The molecule has 0 fully saturated rings. The molecule has 0 bridgehead atoms. The highest BCUT2D eigenvalue weighted by atomic mass is 79.9. The normalized spacial score (nSPS) is 11.1. The first kappa shape index (κ1) is 12.7. The number of hydrogen-bond donors (Lipinski definition) is 1. The predicted molar refractivity (Wildman–Crippen MR) is 85.2 cm³/mol. The quantitative estimate of drug-likeness (QED) is 0.679. The lowest BCUT2D eigenvalue weighted by molar-refractivity contribution is 1.16. The molecule has 2 aromatic heterocycles. The van der Waals surface area contributed by atoms with Crippen LogP contribution in [0.25, 0.3) is 16.9 Å². The number of imidazole rings is 1. The fraction of sp³-hybridized carbons (Fsp3) is 0.0714. The van der Waals surface area contributed by atoms with E-state index in [9.17, 15) is 0 Å². The van der Waals surface area contributed by atoms with Crippen molar-refractivity contribution >= 4 is 43.3 Å². The standard InChI is InChI=1S/C14H11Br2N3/c1-8-6-9(15)7-19-13(17)12(18-14(8)19)10-4-2-3-5-11(10)16/h2-7H,17H2,1H3. The molecule has 2 heterocycles. The average Bonchev–Trinajstić information content (AvgIpc) is 2.68. The number of pyridine rings is 1. The number of hydrogen-bond acceptors (Lipinski definition) is 2. The summed E-state index contributed by atoms with van der Waals surface area (Å²) in [6, 6.07) is 9.98. The minimum atomic E-state index is 0.645. The van der Waals surface area contributed by atoms with E-state index in [4.69, 9.17) is 5.73 Å². The first-order chi connectivity index (χ1) is 9.08. The summed E-state index contributed by atoms with van der Waals surface area (Å²) in [5, 5.41) is 0. The Balaban J connectivity index is 2.35. The molecular formula is C14H11Br2N3. The highest BCUT2D eigenvalue weighted by Gasteiger charge is 2.15. The number of rotatable bonds is 1. The SMILES string of the molecule is Cc1cc(Br)cn2c(N)c(-c3ccccc3Br)nc12. The summed E-state index contributed by atoms with van der Waals surface area (Å²) in [7, 11) is 0. The summed E-state index contributed by atoms with van der Waals surface area (Å²) in [6.45, 7) is 2.02. The van der Waals surface area contributed by atoms with Gasteiger partial charge in [0.25, 0.3) is 0 Å². The molecule has 0 atom stereocenters. The van der Waals surface area contributed by atoms with Crippen molar-refractivity contribution in [2.45, 2.75) is 6.92 Å². The number of benzene rings is 1. The van der Waals surface area contributed by atoms with Crippen LogP contribution in [0.2, 0.25) is 0 Å². The van der Waals surface area contributed by atoms with Gasteiger partial charge in [0.2, 0.25) is 0 Å². The molecule has 0 aliphatic heterocycles. The van der Waals surface area contributed by atoms with Gasteiger partial charge < -0.3 is 5.73 Å². The number of nitrogens with zero attached hydrogens (tertiary/aromatic N) is 2. The number of halogens is 2. The van der Waals surface area contributed by atoms with E-state index in [0.717, 1.165) is 31.4 Å². The van der Waals surface area contributed by atoms with E-state index in [2.05, 4.69) is 36.8 Å². The maximum atomic E-state index is 6.24. The van der Waals surface area contributed by atoms with E-state index in [1.54, 1.807) is 0 Å². The number of fused-ring (bicyclic) bond motifs is 1. The van der Waals surface area contributed by atoms with Crippen LogP contribution >= 0.6 is 31.9 Å². The van der Waals surface area contributed by atoms with Crippen LogP contribution in [-0.4, -0.2) is 9.38 Å².